The molecule has 1 amide bonds. The number of alkyl carbamates (subject to hydrolysis) is 1. The Bertz CT molecular complexity index is 1460. The predicted octanol–water partition coefficient (Wildman–Crippen LogP) is 6.40. The van der Waals surface area contributed by atoms with E-state index < -0.39 is 5.60 Å². The molecule has 10 heteroatoms. The van der Waals surface area contributed by atoms with Gasteiger partial charge in [-0.2, -0.15) is 0 Å². The van der Waals surface area contributed by atoms with E-state index in [4.69, 9.17) is 9.47 Å². The van der Waals surface area contributed by atoms with Crippen LogP contribution in [0.1, 0.15) is 51.5 Å². The number of hydrogen-bond donors (Lipinski definition) is 1. The first-order chi connectivity index (χ1) is 17.7. The van der Waals surface area contributed by atoms with E-state index in [-0.39, 0.29) is 17.7 Å². The monoisotopic (exact) mass is 535 g/mol. The number of rotatable bonds is 5. The Balaban J connectivity index is 1.18. The molecular formula is C27H29N5O3S2. The Kier molecular flexibility index (Phi) is 5.91. The number of nitrogens with zero attached hydrogens (tertiary/aromatic N) is 4. The first kappa shape index (κ1) is 24.2. The third-order valence-corrected chi connectivity index (χ3v) is 8.94. The van der Waals surface area contributed by atoms with Gasteiger partial charge in [0.05, 0.1) is 31.3 Å². The molecule has 3 heterocycles. The highest BCUT2D eigenvalue weighted by molar-refractivity contribution is 7.18. The molecule has 3 aromatic heterocycles. The van der Waals surface area contributed by atoms with Crippen molar-refractivity contribution in [1.82, 2.24) is 25.5 Å². The molecule has 4 aromatic rings. The van der Waals surface area contributed by atoms with Crippen LogP contribution in [-0.4, -0.2) is 43.5 Å². The lowest BCUT2D eigenvalue weighted by molar-refractivity contribution is -0.0515. The van der Waals surface area contributed by atoms with Gasteiger partial charge < -0.3 is 14.8 Å². The second kappa shape index (κ2) is 9.02. The normalized spacial score (nSPS) is 22.9. The number of nitrogens with one attached hydrogen (secondary N) is 1. The van der Waals surface area contributed by atoms with Gasteiger partial charge in [0, 0.05) is 41.8 Å². The van der Waals surface area contributed by atoms with Gasteiger partial charge >= 0.3 is 6.09 Å². The third-order valence-electron chi connectivity index (χ3n) is 7.14. The molecule has 2 fully saturated rings. The highest BCUT2D eigenvalue weighted by Gasteiger charge is 2.56. The molecule has 0 bridgehead atoms. The smallest absolute Gasteiger partial charge is 0.407 e. The summed E-state index contributed by atoms with van der Waals surface area (Å²) in [4.78, 5) is 22.4. The van der Waals surface area contributed by atoms with Crippen LogP contribution < -0.4 is 10.1 Å². The lowest BCUT2D eigenvalue weighted by Crippen LogP contribution is -2.48. The van der Waals surface area contributed by atoms with Crippen LogP contribution in [-0.2, 0) is 4.74 Å². The van der Waals surface area contributed by atoms with Crippen LogP contribution in [0, 0.1) is 12.8 Å². The minimum atomic E-state index is -0.515. The van der Waals surface area contributed by atoms with E-state index in [1.165, 1.54) is 0 Å². The molecule has 2 aliphatic rings. The topological polar surface area (TPSA) is 99.1 Å². The van der Waals surface area contributed by atoms with Crippen molar-refractivity contribution in [2.45, 2.75) is 70.6 Å². The average Bonchev–Trinajstić information content (AvgIpc) is 3.53. The van der Waals surface area contributed by atoms with Crippen LogP contribution in [0.25, 0.3) is 31.9 Å². The van der Waals surface area contributed by atoms with Gasteiger partial charge in [-0.3, -0.25) is 0 Å². The highest BCUT2D eigenvalue weighted by Crippen LogP contribution is 2.53. The fraction of sp³-hybridized carbons (Fsp3) is 0.444. The van der Waals surface area contributed by atoms with E-state index >= 15 is 0 Å². The maximum Gasteiger partial charge on any atom is 0.407 e. The van der Waals surface area contributed by atoms with Crippen LogP contribution in [0.5, 0.6) is 5.88 Å². The van der Waals surface area contributed by atoms with E-state index in [2.05, 4.69) is 37.6 Å². The lowest BCUT2D eigenvalue weighted by Gasteiger charge is -2.44. The molecule has 0 aliphatic heterocycles. The maximum absolute atomic E-state index is 12.3. The van der Waals surface area contributed by atoms with Crippen molar-refractivity contribution in [2.75, 3.05) is 0 Å². The largest absolute Gasteiger partial charge is 0.470 e. The first-order valence-electron chi connectivity index (χ1n) is 12.5. The summed E-state index contributed by atoms with van der Waals surface area (Å²) in [7, 11) is 0. The van der Waals surface area contributed by atoms with E-state index in [0.717, 1.165) is 62.6 Å². The summed E-state index contributed by atoms with van der Waals surface area (Å²) in [6.45, 7) is 7.62. The summed E-state index contributed by atoms with van der Waals surface area (Å²) in [5.41, 5.74) is 4.89. The Morgan fingerprint density at radius 3 is 2.65 bits per heavy atom. The number of fused-ring (bicyclic) bond motifs is 2. The molecule has 0 saturated heterocycles. The van der Waals surface area contributed by atoms with Gasteiger partial charge in [0.25, 0.3) is 0 Å². The summed E-state index contributed by atoms with van der Waals surface area (Å²) < 4.78 is 13.0. The number of carbonyl (C=O) groups is 1. The lowest BCUT2D eigenvalue weighted by atomic mass is 9.72. The number of amides is 1. The van der Waals surface area contributed by atoms with Crippen LogP contribution in [0.3, 0.4) is 0 Å². The minimum absolute atomic E-state index is 0.0371. The molecule has 6 rings (SSSR count). The Hall–Kier alpha value is -3.11. The standard InChI is InChI=1S/C27H29N5O3S2/c1-15-28-13-21(37-15)19-6-5-18(24-23(19)29-14-36-24)20-7-8-22(32-31-20)34-27-10-9-16(27)11-17(12-27)30-25(33)35-26(2,3)4/h5-8,13-14,16-17H,9-12H2,1-4H3,(H,30,33)/t16?,17?,27-/m0/s1. The number of carbonyl (C=O) groups excluding carboxylic acids is 1. The van der Waals surface area contributed by atoms with Crippen LogP contribution >= 0.6 is 22.7 Å². The summed E-state index contributed by atoms with van der Waals surface area (Å²) in [6.07, 6.45) is 5.22. The van der Waals surface area contributed by atoms with E-state index in [1.54, 1.807) is 22.7 Å². The summed E-state index contributed by atoms with van der Waals surface area (Å²) in [6, 6.07) is 8.07. The van der Waals surface area contributed by atoms with Crippen molar-refractivity contribution in [1.29, 1.82) is 0 Å². The summed E-state index contributed by atoms with van der Waals surface area (Å²) in [5, 5.41) is 13.0. The molecule has 1 N–H and O–H groups in total. The molecule has 2 unspecified atom stereocenters. The maximum atomic E-state index is 12.3. The van der Waals surface area contributed by atoms with Crippen molar-refractivity contribution in [3.63, 3.8) is 0 Å². The van der Waals surface area contributed by atoms with E-state index in [9.17, 15) is 4.79 Å². The molecule has 8 nitrogen and oxygen atoms in total. The van der Waals surface area contributed by atoms with Crippen molar-refractivity contribution in [2.24, 2.45) is 5.92 Å². The third kappa shape index (κ3) is 4.68. The number of aryl methyl sites for hydroxylation is 1. The van der Waals surface area contributed by atoms with Gasteiger partial charge in [-0.25, -0.2) is 14.8 Å². The molecule has 0 radical (unpaired) electrons. The zero-order chi connectivity index (χ0) is 25.8. The molecule has 2 aliphatic carbocycles. The van der Waals surface area contributed by atoms with Gasteiger partial charge in [0.1, 0.15) is 11.2 Å². The second-order valence-electron chi connectivity index (χ2n) is 10.9. The van der Waals surface area contributed by atoms with Crippen LogP contribution in [0.15, 0.2) is 36.0 Å². The van der Waals surface area contributed by atoms with Gasteiger partial charge in [0.2, 0.25) is 5.88 Å². The van der Waals surface area contributed by atoms with Crippen molar-refractivity contribution in [3.8, 4) is 27.6 Å². The second-order valence-corrected chi connectivity index (χ2v) is 13.0. The Morgan fingerprint density at radius 1 is 1.14 bits per heavy atom. The fourth-order valence-electron chi connectivity index (χ4n) is 5.44. The number of aromatic nitrogens is 4. The molecule has 192 valence electrons. The van der Waals surface area contributed by atoms with Crippen molar-refractivity contribution in [3.05, 3.63) is 41.0 Å². The summed E-state index contributed by atoms with van der Waals surface area (Å²) in [5.74, 6) is 0.914. The quantitative estimate of drug-likeness (QED) is 0.316. The van der Waals surface area contributed by atoms with Gasteiger partial charge in [-0.05, 0) is 53.0 Å². The van der Waals surface area contributed by atoms with Gasteiger partial charge in [-0.1, -0.05) is 12.1 Å². The SMILES string of the molecule is Cc1ncc(-c2ccc(-c3ccc(O[C@]45CCC4CC(NC(=O)OC(C)(C)C)C5)nn3)c3scnc23)s1. The molecule has 37 heavy (non-hydrogen) atoms. The van der Waals surface area contributed by atoms with E-state index in [1.807, 2.05) is 51.5 Å². The minimum Gasteiger partial charge on any atom is -0.470 e. The van der Waals surface area contributed by atoms with Crippen LogP contribution in [0.4, 0.5) is 4.79 Å². The zero-order valence-corrected chi connectivity index (χ0v) is 22.9. The Labute approximate surface area is 223 Å². The predicted molar refractivity (Wildman–Crippen MR) is 145 cm³/mol. The molecule has 3 atom stereocenters. The van der Waals surface area contributed by atoms with Gasteiger partial charge in [0.15, 0.2) is 0 Å². The highest BCUT2D eigenvalue weighted by atomic mass is 32.1. The van der Waals surface area contributed by atoms with Crippen molar-refractivity contribution >= 4 is 39.0 Å². The average molecular weight is 536 g/mol. The number of ether oxygens (including phenoxy) is 2. The molecule has 0 spiro atoms. The number of thiazole rings is 2. The molecule has 1 aromatic carbocycles. The van der Waals surface area contributed by atoms with Crippen LogP contribution in [0.2, 0.25) is 0 Å². The molecule has 2 saturated carbocycles. The van der Waals surface area contributed by atoms with Gasteiger partial charge in [-0.15, -0.1) is 32.9 Å². The van der Waals surface area contributed by atoms with E-state index in [0.29, 0.717) is 11.8 Å². The Morgan fingerprint density at radius 2 is 1.97 bits per heavy atom. The molecular weight excluding hydrogens is 506 g/mol. The number of benzene rings is 1. The summed E-state index contributed by atoms with van der Waals surface area (Å²) >= 11 is 3.27. The fourth-order valence-corrected chi connectivity index (χ4v) is 7.08. The first-order valence-corrected chi connectivity index (χ1v) is 14.2. The number of hydrogen-bond acceptors (Lipinski definition) is 9. The zero-order valence-electron chi connectivity index (χ0n) is 21.3. The van der Waals surface area contributed by atoms with Crippen molar-refractivity contribution < 1.29 is 14.3 Å².